The highest BCUT2D eigenvalue weighted by molar-refractivity contribution is 5.87. The Kier molecular flexibility index (Phi) is 4.81. The minimum absolute atomic E-state index is 0.123. The molecule has 0 radical (unpaired) electrons. The number of benzene rings is 1. The quantitative estimate of drug-likeness (QED) is 0.704. The number of aromatic nitrogens is 3. The Labute approximate surface area is 168 Å². The van der Waals surface area contributed by atoms with Gasteiger partial charge in [-0.15, -0.1) is 0 Å². The van der Waals surface area contributed by atoms with Gasteiger partial charge in [-0.2, -0.15) is 0 Å². The molecule has 0 spiro atoms. The largest absolute Gasteiger partial charge is 0.390 e. The number of H-pyrrole nitrogens is 1. The maximum atomic E-state index is 14.1. The molecule has 5 rings (SSSR count). The molecule has 4 heterocycles. The molecule has 2 fully saturated rings. The van der Waals surface area contributed by atoms with Crippen molar-refractivity contribution in [3.63, 3.8) is 0 Å². The molecule has 3 aromatic rings. The molecule has 0 aliphatic carbocycles. The lowest BCUT2D eigenvalue weighted by molar-refractivity contribution is 0.0337. The molecule has 0 unspecified atom stereocenters. The van der Waals surface area contributed by atoms with E-state index in [1.165, 1.54) is 6.07 Å². The molecule has 2 N–H and O–H groups in total. The Morgan fingerprint density at radius 2 is 1.83 bits per heavy atom. The summed E-state index contributed by atoms with van der Waals surface area (Å²) in [6.45, 7) is 4.58. The highest BCUT2D eigenvalue weighted by Gasteiger charge is 2.34. The second-order valence-corrected chi connectivity index (χ2v) is 7.78. The molecule has 0 bridgehead atoms. The highest BCUT2D eigenvalue weighted by atomic mass is 19.1. The molecule has 2 saturated heterocycles. The van der Waals surface area contributed by atoms with Crippen LogP contribution in [0.25, 0.3) is 11.0 Å². The fourth-order valence-electron chi connectivity index (χ4n) is 4.65. The van der Waals surface area contributed by atoms with E-state index >= 15 is 0 Å². The number of piperidine rings is 1. The average Bonchev–Trinajstić information content (AvgIpc) is 3.23. The van der Waals surface area contributed by atoms with E-state index in [9.17, 15) is 9.50 Å². The van der Waals surface area contributed by atoms with E-state index in [1.54, 1.807) is 12.4 Å². The first-order valence-corrected chi connectivity index (χ1v) is 10.2. The van der Waals surface area contributed by atoms with Gasteiger partial charge >= 0.3 is 0 Å². The van der Waals surface area contributed by atoms with Gasteiger partial charge < -0.3 is 19.9 Å². The van der Waals surface area contributed by atoms with Crippen LogP contribution in [0.15, 0.2) is 42.9 Å². The van der Waals surface area contributed by atoms with E-state index in [0.29, 0.717) is 12.2 Å². The number of anilines is 2. The number of rotatable bonds is 3. The van der Waals surface area contributed by atoms with Gasteiger partial charge in [0.25, 0.3) is 0 Å². The van der Waals surface area contributed by atoms with E-state index < -0.39 is 6.10 Å². The number of nitrogens with zero attached hydrogens (tertiary/aromatic N) is 5. The van der Waals surface area contributed by atoms with E-state index in [-0.39, 0.29) is 11.9 Å². The van der Waals surface area contributed by atoms with Gasteiger partial charge in [-0.25, -0.2) is 14.4 Å². The van der Waals surface area contributed by atoms with Gasteiger partial charge in [0.2, 0.25) is 0 Å². The molecular formula is C21H25FN6O. The zero-order chi connectivity index (χ0) is 19.8. The Morgan fingerprint density at radius 1 is 1.00 bits per heavy atom. The predicted molar refractivity (Wildman–Crippen MR) is 111 cm³/mol. The second-order valence-electron chi connectivity index (χ2n) is 7.78. The number of halogens is 1. The number of aliphatic hydroxyl groups excluding tert-OH is 1. The molecule has 0 amide bonds. The van der Waals surface area contributed by atoms with Crippen molar-refractivity contribution < 1.29 is 9.50 Å². The third-order valence-electron chi connectivity index (χ3n) is 6.16. The van der Waals surface area contributed by atoms with Gasteiger partial charge in [-0.1, -0.05) is 12.1 Å². The fourth-order valence-corrected chi connectivity index (χ4v) is 4.65. The summed E-state index contributed by atoms with van der Waals surface area (Å²) < 4.78 is 14.1. The smallest absolute Gasteiger partial charge is 0.146 e. The molecule has 2 aromatic heterocycles. The van der Waals surface area contributed by atoms with Gasteiger partial charge in [0, 0.05) is 51.5 Å². The number of fused-ring (bicyclic) bond motifs is 1. The third kappa shape index (κ3) is 3.42. The summed E-state index contributed by atoms with van der Waals surface area (Å²) in [5, 5.41) is 11.9. The molecule has 7 nitrogen and oxygen atoms in total. The predicted octanol–water partition coefficient (Wildman–Crippen LogP) is 1.86. The van der Waals surface area contributed by atoms with Crippen LogP contribution in [0.2, 0.25) is 0 Å². The van der Waals surface area contributed by atoms with Crippen LogP contribution in [-0.4, -0.2) is 76.4 Å². The maximum absolute atomic E-state index is 14.1. The first kappa shape index (κ1) is 18.3. The van der Waals surface area contributed by atoms with Crippen molar-refractivity contribution in [2.45, 2.75) is 18.6 Å². The van der Waals surface area contributed by atoms with Crippen molar-refractivity contribution in [3.05, 3.63) is 48.7 Å². The maximum Gasteiger partial charge on any atom is 0.146 e. The van der Waals surface area contributed by atoms with E-state index in [1.807, 2.05) is 24.4 Å². The Bertz CT molecular complexity index is 986. The molecular weight excluding hydrogens is 371 g/mol. The molecule has 2 atom stereocenters. The number of aromatic amines is 1. The SMILES string of the molecule is O[C@@H]1CN(c2ncnc3[nH]ccc23)CC[C@H]1N1CCN(c2ccccc2F)CC1. The van der Waals surface area contributed by atoms with Crippen LogP contribution >= 0.6 is 0 Å². The van der Waals surface area contributed by atoms with Gasteiger partial charge in [0.15, 0.2) is 0 Å². The zero-order valence-corrected chi connectivity index (χ0v) is 16.2. The van der Waals surface area contributed by atoms with Crippen LogP contribution in [0.4, 0.5) is 15.9 Å². The Balaban J connectivity index is 1.23. The summed E-state index contributed by atoms with van der Waals surface area (Å²) in [5.74, 6) is 0.702. The average molecular weight is 396 g/mol. The van der Waals surface area contributed by atoms with Crippen molar-refractivity contribution in [1.29, 1.82) is 0 Å². The van der Waals surface area contributed by atoms with E-state index in [2.05, 4.69) is 29.7 Å². The molecule has 152 valence electrons. The van der Waals surface area contributed by atoms with Crippen LogP contribution in [-0.2, 0) is 0 Å². The fraction of sp³-hybridized carbons (Fsp3) is 0.429. The number of piperazine rings is 1. The van der Waals surface area contributed by atoms with Crippen LogP contribution < -0.4 is 9.80 Å². The lowest BCUT2D eigenvalue weighted by Crippen LogP contribution is -2.59. The van der Waals surface area contributed by atoms with E-state index in [0.717, 1.165) is 56.0 Å². The standard InChI is InChI=1S/C21H25FN6O/c22-16-3-1-2-4-17(16)26-9-11-27(12-10-26)18-6-8-28(13-19(18)29)21-15-5-7-23-20(15)24-14-25-21/h1-5,7,14,18-19,29H,6,8-13H2,(H,23,24,25)/t18-,19-/m1/s1. The molecule has 29 heavy (non-hydrogen) atoms. The van der Waals surface area contributed by atoms with Crippen molar-refractivity contribution in [2.24, 2.45) is 0 Å². The Morgan fingerprint density at radius 3 is 2.62 bits per heavy atom. The monoisotopic (exact) mass is 396 g/mol. The highest BCUT2D eigenvalue weighted by Crippen LogP contribution is 2.28. The van der Waals surface area contributed by atoms with Gasteiger partial charge in [-0.05, 0) is 24.6 Å². The first-order chi connectivity index (χ1) is 14.2. The van der Waals surface area contributed by atoms with Crippen LogP contribution in [0.5, 0.6) is 0 Å². The van der Waals surface area contributed by atoms with Crippen molar-refractivity contribution >= 4 is 22.5 Å². The minimum atomic E-state index is -0.451. The summed E-state index contributed by atoms with van der Waals surface area (Å²) in [4.78, 5) is 18.4. The summed E-state index contributed by atoms with van der Waals surface area (Å²) in [6, 6.07) is 9.04. The number of β-amino-alcohol motifs (C(OH)–C–C–N with tert-alkyl or cyclic N) is 1. The zero-order valence-electron chi connectivity index (χ0n) is 16.2. The summed E-state index contributed by atoms with van der Waals surface area (Å²) in [7, 11) is 0. The number of nitrogens with one attached hydrogen (secondary N) is 1. The van der Waals surface area contributed by atoms with Crippen molar-refractivity contribution in [1.82, 2.24) is 19.9 Å². The summed E-state index contributed by atoms with van der Waals surface area (Å²) >= 11 is 0. The second kappa shape index (κ2) is 7.61. The van der Waals surface area contributed by atoms with Crippen molar-refractivity contribution in [2.75, 3.05) is 49.1 Å². The number of hydrogen-bond donors (Lipinski definition) is 2. The minimum Gasteiger partial charge on any atom is -0.390 e. The molecule has 2 aliphatic rings. The van der Waals surface area contributed by atoms with Gasteiger partial charge in [0.05, 0.1) is 17.2 Å². The number of para-hydroxylation sites is 1. The first-order valence-electron chi connectivity index (χ1n) is 10.2. The van der Waals surface area contributed by atoms with Crippen LogP contribution in [0, 0.1) is 5.82 Å². The van der Waals surface area contributed by atoms with Gasteiger partial charge in [-0.3, -0.25) is 4.90 Å². The molecule has 0 saturated carbocycles. The van der Waals surface area contributed by atoms with E-state index in [4.69, 9.17) is 0 Å². The molecule has 1 aromatic carbocycles. The molecule has 2 aliphatic heterocycles. The van der Waals surface area contributed by atoms with Gasteiger partial charge in [0.1, 0.15) is 23.6 Å². The third-order valence-corrected chi connectivity index (χ3v) is 6.16. The summed E-state index contributed by atoms with van der Waals surface area (Å²) in [6.07, 6.45) is 3.85. The summed E-state index contributed by atoms with van der Waals surface area (Å²) in [5.41, 5.74) is 1.48. The molecule has 8 heteroatoms. The Hall–Kier alpha value is -2.71. The van der Waals surface area contributed by atoms with Crippen LogP contribution in [0.3, 0.4) is 0 Å². The lowest BCUT2D eigenvalue weighted by Gasteiger charge is -2.45. The number of aliphatic hydroxyl groups is 1. The van der Waals surface area contributed by atoms with Crippen molar-refractivity contribution in [3.8, 4) is 0 Å². The number of hydrogen-bond acceptors (Lipinski definition) is 6. The normalized spacial score (nSPS) is 23.7. The van der Waals surface area contributed by atoms with Crippen LogP contribution in [0.1, 0.15) is 6.42 Å². The topological polar surface area (TPSA) is 71.5 Å². The lowest BCUT2D eigenvalue weighted by atomic mass is 9.99.